The highest BCUT2D eigenvalue weighted by Gasteiger charge is 2.42. The molecule has 0 radical (unpaired) electrons. The van der Waals surface area contributed by atoms with Gasteiger partial charge >= 0.3 is 0 Å². The molecule has 19 heavy (non-hydrogen) atoms. The number of hydrogen-bond acceptors (Lipinski definition) is 1. The van der Waals surface area contributed by atoms with Gasteiger partial charge in [0.05, 0.1) is 0 Å². The van der Waals surface area contributed by atoms with E-state index in [-0.39, 0.29) is 0 Å². The lowest BCUT2D eigenvalue weighted by Crippen LogP contribution is -2.25. The number of fused-ring (bicyclic) bond motifs is 3. The fraction of sp³-hybridized carbons (Fsp3) is 0.333. The van der Waals surface area contributed by atoms with Crippen LogP contribution in [-0.2, 0) is 6.42 Å². The quantitative estimate of drug-likeness (QED) is 0.781. The molecule has 3 atom stereocenters. The molecule has 0 heterocycles. The zero-order valence-electron chi connectivity index (χ0n) is 11.3. The summed E-state index contributed by atoms with van der Waals surface area (Å²) < 4.78 is 0. The number of benzene rings is 1. The first-order valence-electron chi connectivity index (χ1n) is 7.09. The number of nitrogens with one attached hydrogen (secondary N) is 1. The summed E-state index contributed by atoms with van der Waals surface area (Å²) in [4.78, 5) is 0. The monoisotopic (exact) mass is 251 g/mol. The molecule has 2 aliphatic carbocycles. The smallest absolute Gasteiger partial charge is 0.0470 e. The molecular weight excluding hydrogens is 230 g/mol. The Morgan fingerprint density at radius 2 is 2.11 bits per heavy atom. The van der Waals surface area contributed by atoms with Gasteiger partial charge in [0.25, 0.3) is 0 Å². The molecule has 1 saturated carbocycles. The van der Waals surface area contributed by atoms with E-state index >= 15 is 0 Å². The van der Waals surface area contributed by atoms with Gasteiger partial charge in [-0.05, 0) is 42.5 Å². The van der Waals surface area contributed by atoms with E-state index in [9.17, 15) is 0 Å². The van der Waals surface area contributed by atoms with Crippen LogP contribution < -0.4 is 5.32 Å². The van der Waals surface area contributed by atoms with Gasteiger partial charge in [0, 0.05) is 12.0 Å². The number of allylic oxidation sites excluding steroid dienone is 1. The van der Waals surface area contributed by atoms with Crippen molar-refractivity contribution in [1.29, 1.82) is 0 Å². The minimum Gasteiger partial charge on any atom is -0.385 e. The third-order valence-electron chi connectivity index (χ3n) is 4.49. The van der Waals surface area contributed by atoms with Crippen LogP contribution in [0.3, 0.4) is 0 Å². The van der Waals surface area contributed by atoms with Gasteiger partial charge in [-0.15, -0.1) is 6.58 Å². The van der Waals surface area contributed by atoms with Gasteiger partial charge in [-0.3, -0.25) is 0 Å². The molecule has 2 aliphatic rings. The summed E-state index contributed by atoms with van der Waals surface area (Å²) in [6.07, 6.45) is 9.67. The van der Waals surface area contributed by atoms with Crippen LogP contribution in [0, 0.1) is 5.92 Å². The molecule has 0 aliphatic heterocycles. The van der Waals surface area contributed by atoms with Crippen molar-refractivity contribution in [2.45, 2.75) is 31.2 Å². The van der Waals surface area contributed by atoms with Crippen molar-refractivity contribution in [3.63, 3.8) is 0 Å². The second-order valence-corrected chi connectivity index (χ2v) is 5.57. The van der Waals surface area contributed by atoms with Gasteiger partial charge in [0.2, 0.25) is 0 Å². The SMILES string of the molecule is C=CNC(C=C)C/C=C1/CC2Cc3ccccc3C12. The van der Waals surface area contributed by atoms with Crippen molar-refractivity contribution in [3.8, 4) is 0 Å². The molecule has 1 aromatic rings. The fourth-order valence-electron chi connectivity index (χ4n) is 3.51. The molecule has 0 bridgehead atoms. The summed E-state index contributed by atoms with van der Waals surface area (Å²) >= 11 is 0. The highest BCUT2D eigenvalue weighted by Crippen LogP contribution is 2.54. The maximum atomic E-state index is 3.86. The number of hydrogen-bond donors (Lipinski definition) is 1. The van der Waals surface area contributed by atoms with E-state index in [1.54, 1.807) is 22.9 Å². The molecule has 1 nitrogen and oxygen atoms in total. The third kappa shape index (κ3) is 2.14. The minimum absolute atomic E-state index is 0.306. The molecule has 1 N–H and O–H groups in total. The van der Waals surface area contributed by atoms with Crippen LogP contribution in [0.5, 0.6) is 0 Å². The average Bonchev–Trinajstić information content (AvgIpc) is 2.70. The lowest BCUT2D eigenvalue weighted by molar-refractivity contribution is 0.384. The highest BCUT2D eigenvalue weighted by molar-refractivity contribution is 5.47. The van der Waals surface area contributed by atoms with Crippen molar-refractivity contribution in [2.75, 3.05) is 0 Å². The van der Waals surface area contributed by atoms with Crippen LogP contribution in [0.4, 0.5) is 0 Å². The van der Waals surface area contributed by atoms with Crippen molar-refractivity contribution < 1.29 is 0 Å². The van der Waals surface area contributed by atoms with Gasteiger partial charge < -0.3 is 5.32 Å². The van der Waals surface area contributed by atoms with Crippen molar-refractivity contribution >= 4 is 0 Å². The van der Waals surface area contributed by atoms with Crippen molar-refractivity contribution in [1.82, 2.24) is 5.32 Å². The first-order valence-corrected chi connectivity index (χ1v) is 7.09. The molecule has 0 aromatic heterocycles. The minimum atomic E-state index is 0.306. The Kier molecular flexibility index (Phi) is 3.29. The Morgan fingerprint density at radius 1 is 1.26 bits per heavy atom. The molecule has 0 amide bonds. The second-order valence-electron chi connectivity index (χ2n) is 5.57. The fourth-order valence-corrected chi connectivity index (χ4v) is 3.51. The summed E-state index contributed by atoms with van der Waals surface area (Å²) in [5.74, 6) is 1.56. The van der Waals surface area contributed by atoms with Gasteiger partial charge in [-0.2, -0.15) is 0 Å². The van der Waals surface area contributed by atoms with Gasteiger partial charge in [0.1, 0.15) is 0 Å². The Balaban J connectivity index is 1.72. The van der Waals surface area contributed by atoms with Gasteiger partial charge in [-0.1, -0.05) is 48.6 Å². The number of rotatable bonds is 5. The Morgan fingerprint density at radius 3 is 2.89 bits per heavy atom. The van der Waals surface area contributed by atoms with E-state index < -0.39 is 0 Å². The van der Waals surface area contributed by atoms with Crippen LogP contribution in [0.2, 0.25) is 0 Å². The third-order valence-corrected chi connectivity index (χ3v) is 4.49. The van der Waals surface area contributed by atoms with Crippen LogP contribution in [0.1, 0.15) is 29.9 Å². The summed E-state index contributed by atoms with van der Waals surface area (Å²) in [6, 6.07) is 9.23. The molecule has 3 unspecified atom stereocenters. The van der Waals surface area contributed by atoms with Crippen molar-refractivity contribution in [2.24, 2.45) is 5.92 Å². The van der Waals surface area contributed by atoms with E-state index in [0.717, 1.165) is 12.3 Å². The molecule has 98 valence electrons. The summed E-state index contributed by atoms with van der Waals surface area (Å²) in [6.45, 7) is 7.58. The van der Waals surface area contributed by atoms with Crippen LogP contribution in [0.25, 0.3) is 0 Å². The lowest BCUT2D eigenvalue weighted by Gasteiger charge is -2.35. The average molecular weight is 251 g/mol. The predicted molar refractivity (Wildman–Crippen MR) is 81.0 cm³/mol. The lowest BCUT2D eigenvalue weighted by atomic mass is 9.69. The standard InChI is InChI=1S/C18H21N/c1-3-16(19-4-2)10-9-14-12-15-11-13-7-5-6-8-17(13)18(14)15/h3-9,15-16,18-19H,1-2,10-12H2/b14-9-. The summed E-state index contributed by atoms with van der Waals surface area (Å²) in [5, 5.41) is 3.22. The highest BCUT2D eigenvalue weighted by atomic mass is 14.9. The maximum Gasteiger partial charge on any atom is 0.0470 e. The molecule has 1 fully saturated rings. The molecule has 1 aromatic carbocycles. The first kappa shape index (κ1) is 12.3. The zero-order valence-corrected chi connectivity index (χ0v) is 11.3. The van der Waals surface area contributed by atoms with E-state index in [4.69, 9.17) is 0 Å². The Bertz CT molecular complexity index is 526. The van der Waals surface area contributed by atoms with E-state index in [2.05, 4.69) is 48.8 Å². The summed E-state index contributed by atoms with van der Waals surface area (Å²) in [7, 11) is 0. The van der Waals surface area contributed by atoms with Gasteiger partial charge in [-0.25, -0.2) is 0 Å². The van der Waals surface area contributed by atoms with E-state index in [1.807, 2.05) is 6.08 Å². The maximum absolute atomic E-state index is 3.86. The Labute approximate surface area is 115 Å². The molecule has 0 saturated heterocycles. The molecule has 0 spiro atoms. The topological polar surface area (TPSA) is 12.0 Å². The van der Waals surface area contributed by atoms with E-state index in [1.165, 1.54) is 12.8 Å². The van der Waals surface area contributed by atoms with Gasteiger partial charge in [0.15, 0.2) is 0 Å². The summed E-state index contributed by atoms with van der Waals surface area (Å²) in [5.41, 5.74) is 4.75. The van der Waals surface area contributed by atoms with Crippen LogP contribution >= 0.6 is 0 Å². The molecular formula is C18H21N. The van der Waals surface area contributed by atoms with E-state index in [0.29, 0.717) is 12.0 Å². The Hall–Kier alpha value is -1.76. The molecule has 1 heteroatoms. The zero-order chi connectivity index (χ0) is 13.2. The largest absolute Gasteiger partial charge is 0.385 e. The molecule has 3 rings (SSSR count). The van der Waals surface area contributed by atoms with Crippen molar-refractivity contribution in [3.05, 3.63) is 72.5 Å². The van der Waals surface area contributed by atoms with Crippen LogP contribution in [-0.4, -0.2) is 6.04 Å². The predicted octanol–water partition coefficient (Wildman–Crippen LogP) is 3.95. The normalized spacial score (nSPS) is 27.1. The second kappa shape index (κ2) is 5.08. The van der Waals surface area contributed by atoms with Crippen LogP contribution in [0.15, 0.2) is 61.3 Å². The first-order chi connectivity index (χ1) is 9.33.